The standard InChI is InChI=1S/C24H20N2O6S3/c27-33(28,21-15-11-19(12-16-21)25-34(29,30)23-7-3-1-4-8-23)22-17-13-20(14-18-22)26-35(31,32)24-9-5-2-6-10-24/h1-18,25-26H. The summed E-state index contributed by atoms with van der Waals surface area (Å²) in [7, 11) is -11.5. The quantitative estimate of drug-likeness (QED) is 0.354. The fourth-order valence-electron chi connectivity index (χ4n) is 3.17. The van der Waals surface area contributed by atoms with Crippen molar-refractivity contribution < 1.29 is 25.3 Å². The minimum atomic E-state index is -3.92. The van der Waals surface area contributed by atoms with Gasteiger partial charge in [0.05, 0.1) is 19.6 Å². The average Bonchev–Trinajstić information content (AvgIpc) is 2.85. The van der Waals surface area contributed by atoms with E-state index in [4.69, 9.17) is 0 Å². The molecule has 0 heterocycles. The second-order valence-electron chi connectivity index (χ2n) is 7.39. The van der Waals surface area contributed by atoms with E-state index in [2.05, 4.69) is 9.44 Å². The Morgan fingerprint density at radius 1 is 0.371 bits per heavy atom. The largest absolute Gasteiger partial charge is 0.280 e. The zero-order valence-electron chi connectivity index (χ0n) is 18.1. The Morgan fingerprint density at radius 2 is 0.686 bits per heavy atom. The first kappa shape index (κ1) is 24.5. The van der Waals surface area contributed by atoms with Gasteiger partial charge in [-0.3, -0.25) is 9.44 Å². The van der Waals surface area contributed by atoms with Crippen LogP contribution >= 0.6 is 0 Å². The number of nitrogens with one attached hydrogen (secondary N) is 2. The Balaban J connectivity index is 1.51. The van der Waals surface area contributed by atoms with Crippen LogP contribution in [0.5, 0.6) is 0 Å². The van der Waals surface area contributed by atoms with Gasteiger partial charge >= 0.3 is 0 Å². The highest BCUT2D eigenvalue weighted by molar-refractivity contribution is 7.93. The minimum Gasteiger partial charge on any atom is -0.280 e. The summed E-state index contributed by atoms with van der Waals surface area (Å²) in [6, 6.07) is 26.2. The van der Waals surface area contributed by atoms with Gasteiger partial charge in [0.15, 0.2) is 0 Å². The molecule has 0 spiro atoms. The molecular formula is C24H20N2O6S3. The van der Waals surface area contributed by atoms with Gasteiger partial charge in [0.2, 0.25) is 9.84 Å². The van der Waals surface area contributed by atoms with Crippen molar-refractivity contribution in [2.24, 2.45) is 0 Å². The molecule has 2 N–H and O–H groups in total. The van der Waals surface area contributed by atoms with Crippen molar-refractivity contribution in [1.82, 2.24) is 0 Å². The molecule has 0 saturated heterocycles. The second-order valence-corrected chi connectivity index (χ2v) is 12.7. The number of hydrogen-bond donors (Lipinski definition) is 2. The molecule has 4 rings (SSSR count). The predicted octanol–water partition coefficient (Wildman–Crippen LogP) is 4.12. The van der Waals surface area contributed by atoms with Crippen molar-refractivity contribution in [1.29, 1.82) is 0 Å². The van der Waals surface area contributed by atoms with Gasteiger partial charge in [0.1, 0.15) is 0 Å². The van der Waals surface area contributed by atoms with E-state index in [-0.39, 0.29) is 31.0 Å². The summed E-state index contributed by atoms with van der Waals surface area (Å²) in [4.78, 5) is 0.0786. The van der Waals surface area contributed by atoms with Crippen LogP contribution in [-0.4, -0.2) is 25.3 Å². The van der Waals surface area contributed by atoms with Crippen LogP contribution in [0.15, 0.2) is 129 Å². The molecule has 0 fully saturated rings. The molecule has 0 aliphatic carbocycles. The summed E-state index contributed by atoms with van der Waals surface area (Å²) in [5, 5.41) is 0. The molecule has 4 aromatic carbocycles. The number of anilines is 2. The number of hydrogen-bond acceptors (Lipinski definition) is 6. The van der Waals surface area contributed by atoms with Crippen LogP contribution in [0.3, 0.4) is 0 Å². The molecule has 4 aromatic rings. The van der Waals surface area contributed by atoms with E-state index in [0.717, 1.165) is 0 Å². The summed E-state index contributed by atoms with van der Waals surface area (Å²) in [6.45, 7) is 0. The summed E-state index contributed by atoms with van der Waals surface area (Å²) in [6.07, 6.45) is 0. The number of sulfonamides is 2. The molecule has 0 unspecified atom stereocenters. The van der Waals surface area contributed by atoms with Gasteiger partial charge in [-0.15, -0.1) is 0 Å². The first-order valence-electron chi connectivity index (χ1n) is 10.2. The van der Waals surface area contributed by atoms with Crippen LogP contribution in [0.25, 0.3) is 0 Å². The Bertz CT molecular complexity index is 1520. The molecule has 0 aliphatic rings. The normalized spacial score (nSPS) is 12.1. The third-order valence-electron chi connectivity index (χ3n) is 4.94. The molecule has 11 heteroatoms. The van der Waals surface area contributed by atoms with Crippen LogP contribution in [0.1, 0.15) is 0 Å². The first-order valence-corrected chi connectivity index (χ1v) is 14.6. The topological polar surface area (TPSA) is 126 Å². The SMILES string of the molecule is O=S(=O)(Nc1ccc(S(=O)(=O)c2ccc(NS(=O)(=O)c3ccccc3)cc2)cc1)c1ccccc1. The molecule has 180 valence electrons. The van der Waals surface area contributed by atoms with Crippen LogP contribution in [0, 0.1) is 0 Å². The van der Waals surface area contributed by atoms with E-state index in [1.54, 1.807) is 36.4 Å². The maximum atomic E-state index is 13.0. The molecule has 0 amide bonds. The zero-order chi connectivity index (χ0) is 25.1. The third kappa shape index (κ3) is 5.53. The highest BCUT2D eigenvalue weighted by Gasteiger charge is 2.20. The van der Waals surface area contributed by atoms with Gasteiger partial charge in [-0.25, -0.2) is 25.3 Å². The molecule has 35 heavy (non-hydrogen) atoms. The highest BCUT2D eigenvalue weighted by atomic mass is 32.2. The minimum absolute atomic E-state index is 0.0437. The average molecular weight is 529 g/mol. The Labute approximate surface area is 204 Å². The van der Waals surface area contributed by atoms with Crippen molar-refractivity contribution in [3.05, 3.63) is 109 Å². The molecule has 0 bridgehead atoms. The number of benzene rings is 4. The van der Waals surface area contributed by atoms with Gasteiger partial charge in [0.25, 0.3) is 20.0 Å². The molecule has 0 atom stereocenters. The lowest BCUT2D eigenvalue weighted by molar-refractivity contribution is 0.595. The molecule has 0 radical (unpaired) electrons. The number of sulfone groups is 1. The smallest absolute Gasteiger partial charge is 0.261 e. The summed E-state index contributed by atoms with van der Waals surface area (Å²) in [5.74, 6) is 0. The van der Waals surface area contributed by atoms with Crippen molar-refractivity contribution in [2.45, 2.75) is 19.6 Å². The summed E-state index contributed by atoms with van der Waals surface area (Å²) < 4.78 is 80.6. The zero-order valence-corrected chi connectivity index (χ0v) is 20.5. The predicted molar refractivity (Wildman–Crippen MR) is 133 cm³/mol. The molecule has 0 aromatic heterocycles. The van der Waals surface area contributed by atoms with E-state index < -0.39 is 29.9 Å². The Kier molecular flexibility index (Phi) is 6.66. The first-order chi connectivity index (χ1) is 16.6. The van der Waals surface area contributed by atoms with Gasteiger partial charge in [-0.2, -0.15) is 0 Å². The van der Waals surface area contributed by atoms with E-state index in [0.29, 0.717) is 0 Å². The molecular weight excluding hydrogens is 508 g/mol. The van der Waals surface area contributed by atoms with Gasteiger partial charge in [-0.05, 0) is 72.8 Å². The summed E-state index contributed by atoms with van der Waals surface area (Å²) in [5.41, 5.74) is 0.414. The van der Waals surface area contributed by atoms with Crippen LogP contribution in [-0.2, 0) is 29.9 Å². The Hall–Kier alpha value is -3.67. The third-order valence-corrected chi connectivity index (χ3v) is 9.52. The fraction of sp³-hybridized carbons (Fsp3) is 0. The van der Waals surface area contributed by atoms with Gasteiger partial charge < -0.3 is 0 Å². The fourth-order valence-corrected chi connectivity index (χ4v) is 6.59. The van der Waals surface area contributed by atoms with Gasteiger partial charge in [0, 0.05) is 11.4 Å². The van der Waals surface area contributed by atoms with Crippen LogP contribution in [0.2, 0.25) is 0 Å². The van der Waals surface area contributed by atoms with E-state index in [1.807, 2.05) is 0 Å². The second kappa shape index (κ2) is 9.53. The van der Waals surface area contributed by atoms with Crippen LogP contribution in [0.4, 0.5) is 11.4 Å². The van der Waals surface area contributed by atoms with Crippen molar-refractivity contribution >= 4 is 41.3 Å². The van der Waals surface area contributed by atoms with Gasteiger partial charge in [-0.1, -0.05) is 36.4 Å². The molecule has 8 nitrogen and oxygen atoms in total. The molecule has 0 saturated carbocycles. The summed E-state index contributed by atoms with van der Waals surface area (Å²) >= 11 is 0. The highest BCUT2D eigenvalue weighted by Crippen LogP contribution is 2.25. The van der Waals surface area contributed by atoms with E-state index >= 15 is 0 Å². The van der Waals surface area contributed by atoms with E-state index in [9.17, 15) is 25.3 Å². The van der Waals surface area contributed by atoms with Crippen LogP contribution < -0.4 is 9.44 Å². The van der Waals surface area contributed by atoms with E-state index in [1.165, 1.54) is 72.8 Å². The molecule has 0 aliphatic heterocycles. The number of rotatable bonds is 8. The maximum absolute atomic E-state index is 13.0. The lowest BCUT2D eigenvalue weighted by atomic mass is 10.3. The maximum Gasteiger partial charge on any atom is 0.261 e. The lowest BCUT2D eigenvalue weighted by Gasteiger charge is -2.11. The monoisotopic (exact) mass is 528 g/mol. The van der Waals surface area contributed by atoms with Crippen molar-refractivity contribution in [2.75, 3.05) is 9.44 Å². The lowest BCUT2D eigenvalue weighted by Crippen LogP contribution is -2.13. The van der Waals surface area contributed by atoms with Crippen molar-refractivity contribution in [3.8, 4) is 0 Å². The Morgan fingerprint density at radius 3 is 1.00 bits per heavy atom. The van der Waals surface area contributed by atoms with Crippen molar-refractivity contribution in [3.63, 3.8) is 0 Å².